The number of carbonyl (C=O) groups excluding carboxylic acids is 1. The zero-order chi connectivity index (χ0) is 21.6. The Balaban J connectivity index is 1.31. The molecular weight excluding hydrogens is 388 g/mol. The van der Waals surface area contributed by atoms with Crippen molar-refractivity contribution in [3.63, 3.8) is 0 Å². The molecule has 7 nitrogen and oxygen atoms in total. The quantitative estimate of drug-likeness (QED) is 0.352. The van der Waals surface area contributed by atoms with Gasteiger partial charge in [0.15, 0.2) is 5.96 Å². The van der Waals surface area contributed by atoms with Crippen LogP contribution in [0.3, 0.4) is 0 Å². The maximum Gasteiger partial charge on any atom is 0.248 e. The van der Waals surface area contributed by atoms with E-state index < -0.39 is 0 Å². The summed E-state index contributed by atoms with van der Waals surface area (Å²) in [5, 5.41) is 6.58. The van der Waals surface area contributed by atoms with Crippen LogP contribution in [0, 0.1) is 6.92 Å². The molecule has 7 heteroatoms. The Kier molecular flexibility index (Phi) is 6.50. The van der Waals surface area contributed by atoms with E-state index >= 15 is 0 Å². The number of para-hydroxylation sites is 3. The number of carbonyl (C=O) groups is 1. The van der Waals surface area contributed by atoms with Crippen LogP contribution >= 0.6 is 0 Å². The van der Waals surface area contributed by atoms with Gasteiger partial charge in [-0.1, -0.05) is 30.3 Å². The van der Waals surface area contributed by atoms with Gasteiger partial charge in [-0.2, -0.15) is 0 Å². The van der Waals surface area contributed by atoms with Crippen LogP contribution in [0.5, 0.6) is 0 Å². The van der Waals surface area contributed by atoms with E-state index in [1.54, 1.807) is 0 Å². The summed E-state index contributed by atoms with van der Waals surface area (Å²) in [5.74, 6) is 1.73. The standard InChI is InChI=1S/C24H30N6O/c1-3-25-24(27-17-23(31)30-16-13-19-9-4-6-11-21(19)30)26-14-8-15-29-18(2)28-20-10-5-7-12-22(20)29/h4-7,9-12H,3,8,13-17H2,1-2H3,(H2,25,26,27). The van der Waals surface area contributed by atoms with Crippen molar-refractivity contribution in [1.29, 1.82) is 0 Å². The third kappa shape index (κ3) is 4.71. The van der Waals surface area contributed by atoms with Gasteiger partial charge in [0.05, 0.1) is 11.0 Å². The second kappa shape index (κ2) is 9.64. The van der Waals surface area contributed by atoms with Gasteiger partial charge in [-0.25, -0.2) is 9.98 Å². The number of guanidine groups is 1. The number of hydrogen-bond donors (Lipinski definition) is 2. The van der Waals surface area contributed by atoms with Gasteiger partial charge in [0.25, 0.3) is 0 Å². The van der Waals surface area contributed by atoms with Crippen molar-refractivity contribution in [1.82, 2.24) is 20.2 Å². The fourth-order valence-corrected chi connectivity index (χ4v) is 4.09. The maximum absolute atomic E-state index is 12.7. The summed E-state index contributed by atoms with van der Waals surface area (Å²) in [6.45, 7) is 7.32. The van der Waals surface area contributed by atoms with Crippen molar-refractivity contribution < 1.29 is 4.79 Å². The molecular formula is C24H30N6O. The number of nitrogens with zero attached hydrogens (tertiary/aromatic N) is 4. The number of imidazole rings is 1. The number of hydrogen-bond acceptors (Lipinski definition) is 3. The average Bonchev–Trinajstić information content (AvgIpc) is 3.35. The highest BCUT2D eigenvalue weighted by atomic mass is 16.2. The van der Waals surface area contributed by atoms with E-state index in [0.29, 0.717) is 5.96 Å². The SMILES string of the molecule is CCNC(=NCC(=O)N1CCc2ccccc21)NCCCn1c(C)nc2ccccc21. The molecule has 0 saturated heterocycles. The normalized spacial score (nSPS) is 13.5. The molecule has 0 atom stereocenters. The van der Waals surface area contributed by atoms with Gasteiger partial charge in [0.2, 0.25) is 5.91 Å². The minimum Gasteiger partial charge on any atom is -0.357 e. The molecule has 0 bridgehead atoms. The Morgan fingerprint density at radius 2 is 1.94 bits per heavy atom. The minimum absolute atomic E-state index is 0.0302. The molecule has 3 aromatic rings. The monoisotopic (exact) mass is 418 g/mol. The fourth-order valence-electron chi connectivity index (χ4n) is 4.09. The van der Waals surface area contributed by atoms with Gasteiger partial charge in [0.1, 0.15) is 12.4 Å². The van der Waals surface area contributed by atoms with Crippen LogP contribution in [-0.2, 0) is 17.8 Å². The van der Waals surface area contributed by atoms with Crippen molar-refractivity contribution in [2.45, 2.75) is 33.2 Å². The van der Waals surface area contributed by atoms with Gasteiger partial charge in [-0.15, -0.1) is 0 Å². The summed E-state index contributed by atoms with van der Waals surface area (Å²) >= 11 is 0. The van der Waals surface area contributed by atoms with Gasteiger partial charge in [-0.05, 0) is 50.5 Å². The number of aliphatic imine (C=N–C) groups is 1. The topological polar surface area (TPSA) is 74.6 Å². The lowest BCUT2D eigenvalue weighted by atomic mass is 10.2. The maximum atomic E-state index is 12.7. The Labute approximate surface area is 183 Å². The number of aromatic nitrogens is 2. The second-order valence-corrected chi connectivity index (χ2v) is 7.70. The first-order valence-corrected chi connectivity index (χ1v) is 11.0. The summed E-state index contributed by atoms with van der Waals surface area (Å²) in [7, 11) is 0. The predicted octanol–water partition coefficient (Wildman–Crippen LogP) is 2.88. The van der Waals surface area contributed by atoms with E-state index in [9.17, 15) is 4.79 Å². The molecule has 0 fully saturated rings. The summed E-state index contributed by atoms with van der Waals surface area (Å²) in [5.41, 5.74) is 4.44. The molecule has 2 aromatic carbocycles. The average molecular weight is 419 g/mol. The molecule has 4 rings (SSSR count). The van der Waals surface area contributed by atoms with E-state index in [0.717, 1.165) is 61.6 Å². The minimum atomic E-state index is 0.0302. The van der Waals surface area contributed by atoms with Crippen molar-refractivity contribution >= 4 is 28.6 Å². The lowest BCUT2D eigenvalue weighted by Crippen LogP contribution is -2.39. The van der Waals surface area contributed by atoms with E-state index in [1.807, 2.05) is 55.1 Å². The Hall–Kier alpha value is -3.35. The number of aryl methyl sites for hydroxylation is 2. The summed E-state index contributed by atoms with van der Waals surface area (Å²) in [6, 6.07) is 16.3. The smallest absolute Gasteiger partial charge is 0.248 e. The molecule has 0 aliphatic carbocycles. The van der Waals surface area contributed by atoms with Gasteiger partial charge in [0, 0.05) is 31.9 Å². The largest absolute Gasteiger partial charge is 0.357 e. The predicted molar refractivity (Wildman–Crippen MR) is 126 cm³/mol. The van der Waals surface area contributed by atoms with E-state index in [1.165, 1.54) is 5.56 Å². The highest BCUT2D eigenvalue weighted by molar-refractivity contribution is 5.98. The zero-order valence-electron chi connectivity index (χ0n) is 18.3. The number of rotatable bonds is 7. The molecule has 0 saturated carbocycles. The lowest BCUT2D eigenvalue weighted by Gasteiger charge is -2.17. The Bertz CT molecular complexity index is 1090. The Morgan fingerprint density at radius 1 is 1.13 bits per heavy atom. The molecule has 1 aliphatic heterocycles. The first-order valence-electron chi connectivity index (χ1n) is 11.0. The zero-order valence-corrected chi connectivity index (χ0v) is 18.3. The van der Waals surface area contributed by atoms with Crippen molar-refractivity contribution in [3.05, 3.63) is 59.9 Å². The number of nitrogens with one attached hydrogen (secondary N) is 2. The molecule has 1 amide bonds. The lowest BCUT2D eigenvalue weighted by molar-refractivity contribution is -0.117. The van der Waals surface area contributed by atoms with Crippen molar-refractivity contribution in [3.8, 4) is 0 Å². The first kappa shape index (κ1) is 20.9. The first-order chi connectivity index (χ1) is 15.2. The summed E-state index contributed by atoms with van der Waals surface area (Å²) < 4.78 is 2.25. The third-order valence-corrected chi connectivity index (χ3v) is 5.60. The molecule has 2 N–H and O–H groups in total. The van der Waals surface area contributed by atoms with Crippen molar-refractivity contribution in [2.24, 2.45) is 4.99 Å². The Morgan fingerprint density at radius 3 is 2.81 bits per heavy atom. The second-order valence-electron chi connectivity index (χ2n) is 7.70. The molecule has 1 aliphatic rings. The van der Waals surface area contributed by atoms with E-state index in [2.05, 4.69) is 37.3 Å². The van der Waals surface area contributed by atoms with Gasteiger partial charge in [-0.3, -0.25) is 4.79 Å². The van der Waals surface area contributed by atoms with Gasteiger partial charge >= 0.3 is 0 Å². The number of amides is 1. The van der Waals surface area contributed by atoms with E-state index in [-0.39, 0.29) is 12.5 Å². The van der Waals surface area contributed by atoms with Crippen LogP contribution in [0.25, 0.3) is 11.0 Å². The molecule has 0 radical (unpaired) electrons. The van der Waals surface area contributed by atoms with Crippen LogP contribution < -0.4 is 15.5 Å². The molecule has 2 heterocycles. The van der Waals surface area contributed by atoms with E-state index in [4.69, 9.17) is 0 Å². The van der Waals surface area contributed by atoms with Crippen LogP contribution in [0.1, 0.15) is 24.7 Å². The molecule has 1 aromatic heterocycles. The third-order valence-electron chi connectivity index (χ3n) is 5.60. The number of anilines is 1. The summed E-state index contributed by atoms with van der Waals surface area (Å²) in [4.78, 5) is 23.7. The highest BCUT2D eigenvalue weighted by Crippen LogP contribution is 2.27. The molecule has 0 spiro atoms. The van der Waals surface area contributed by atoms with Gasteiger partial charge < -0.3 is 20.1 Å². The molecule has 31 heavy (non-hydrogen) atoms. The highest BCUT2D eigenvalue weighted by Gasteiger charge is 2.23. The van der Waals surface area contributed by atoms with Crippen LogP contribution in [-0.4, -0.2) is 47.6 Å². The molecule has 162 valence electrons. The van der Waals surface area contributed by atoms with Crippen LogP contribution in [0.4, 0.5) is 5.69 Å². The number of fused-ring (bicyclic) bond motifs is 2. The van der Waals surface area contributed by atoms with Crippen LogP contribution in [0.15, 0.2) is 53.5 Å². The summed E-state index contributed by atoms with van der Waals surface area (Å²) in [6.07, 6.45) is 1.84. The van der Waals surface area contributed by atoms with Crippen LogP contribution in [0.2, 0.25) is 0 Å². The number of benzene rings is 2. The fraction of sp³-hybridized carbons (Fsp3) is 0.375. The van der Waals surface area contributed by atoms with Crippen molar-refractivity contribution in [2.75, 3.05) is 31.1 Å². The molecule has 0 unspecified atom stereocenters.